The number of ether oxygens (including phenoxy) is 2. The largest absolute Gasteiger partial charge is 0.497 e. The highest BCUT2D eigenvalue weighted by atomic mass is 35.5. The zero-order valence-corrected chi connectivity index (χ0v) is 15.0. The van der Waals surface area contributed by atoms with Crippen molar-refractivity contribution in [3.8, 4) is 11.5 Å². The van der Waals surface area contributed by atoms with Crippen LogP contribution in [0.15, 0.2) is 47.6 Å². The number of methoxy groups -OCH3 is 2. The Morgan fingerprint density at radius 2 is 1.85 bits per heavy atom. The molecule has 0 spiro atoms. The first-order valence-corrected chi connectivity index (χ1v) is 7.99. The normalized spacial score (nSPS) is 10.4. The van der Waals surface area contributed by atoms with E-state index in [9.17, 15) is 9.59 Å². The molecule has 0 aliphatic heterocycles. The van der Waals surface area contributed by atoms with Crippen molar-refractivity contribution in [3.05, 3.63) is 58.6 Å². The van der Waals surface area contributed by atoms with Crippen LogP contribution in [0.25, 0.3) is 0 Å². The molecule has 0 atom stereocenters. The number of amides is 2. The fourth-order valence-electron chi connectivity index (χ4n) is 2.02. The van der Waals surface area contributed by atoms with Gasteiger partial charge in [-0.3, -0.25) is 9.59 Å². The molecular formula is C18H18ClN3O4. The summed E-state index contributed by atoms with van der Waals surface area (Å²) in [7, 11) is 3.08. The maximum Gasteiger partial charge on any atom is 0.259 e. The number of hydrogen-bond donors (Lipinski definition) is 2. The van der Waals surface area contributed by atoms with E-state index in [-0.39, 0.29) is 12.5 Å². The molecule has 2 amide bonds. The van der Waals surface area contributed by atoms with Crippen LogP contribution in [0.4, 0.5) is 0 Å². The van der Waals surface area contributed by atoms with E-state index in [1.807, 2.05) is 0 Å². The average Bonchev–Trinajstić information content (AvgIpc) is 2.66. The Bertz CT molecular complexity index is 807. The van der Waals surface area contributed by atoms with Gasteiger partial charge in [-0.25, -0.2) is 5.43 Å². The predicted octanol–water partition coefficient (Wildman–Crippen LogP) is 2.24. The summed E-state index contributed by atoms with van der Waals surface area (Å²) in [6.45, 7) is -0.214. The van der Waals surface area contributed by atoms with Gasteiger partial charge in [-0.05, 0) is 42.5 Å². The van der Waals surface area contributed by atoms with Crippen LogP contribution < -0.4 is 20.2 Å². The van der Waals surface area contributed by atoms with Crippen molar-refractivity contribution in [1.29, 1.82) is 0 Å². The number of nitrogens with one attached hydrogen (secondary N) is 2. The topological polar surface area (TPSA) is 89.0 Å². The first-order chi connectivity index (χ1) is 12.5. The van der Waals surface area contributed by atoms with Gasteiger partial charge in [-0.1, -0.05) is 11.6 Å². The molecule has 7 nitrogen and oxygen atoms in total. The Labute approximate surface area is 155 Å². The minimum atomic E-state index is -0.467. The summed E-state index contributed by atoms with van der Waals surface area (Å²) in [5.41, 5.74) is 3.38. The Morgan fingerprint density at radius 1 is 1.12 bits per heavy atom. The van der Waals surface area contributed by atoms with Crippen LogP contribution in [0, 0.1) is 0 Å². The number of halogens is 1. The highest BCUT2D eigenvalue weighted by Gasteiger charge is 2.07. The Morgan fingerprint density at radius 3 is 2.50 bits per heavy atom. The highest BCUT2D eigenvalue weighted by molar-refractivity contribution is 6.30. The summed E-state index contributed by atoms with van der Waals surface area (Å²) in [5, 5.41) is 6.88. The zero-order chi connectivity index (χ0) is 18.9. The first-order valence-electron chi connectivity index (χ1n) is 7.61. The second kappa shape index (κ2) is 9.43. The lowest BCUT2D eigenvalue weighted by Crippen LogP contribution is -2.34. The van der Waals surface area contributed by atoms with Crippen LogP contribution in [-0.2, 0) is 4.79 Å². The quantitative estimate of drug-likeness (QED) is 0.573. The predicted molar refractivity (Wildman–Crippen MR) is 99.1 cm³/mol. The van der Waals surface area contributed by atoms with Crippen LogP contribution in [0.5, 0.6) is 11.5 Å². The van der Waals surface area contributed by atoms with Gasteiger partial charge in [0.15, 0.2) is 0 Å². The number of hydrogen-bond acceptors (Lipinski definition) is 5. The molecule has 0 aliphatic rings. The maximum atomic E-state index is 11.9. The molecule has 2 aromatic rings. The highest BCUT2D eigenvalue weighted by Crippen LogP contribution is 2.22. The van der Waals surface area contributed by atoms with E-state index in [1.165, 1.54) is 13.3 Å². The van der Waals surface area contributed by atoms with E-state index in [2.05, 4.69) is 15.8 Å². The standard InChI is InChI=1S/C18H18ClN3O4/c1-25-15-7-8-16(26-2)13(9-15)10-21-22-17(23)11-20-18(24)12-3-5-14(19)6-4-12/h3-10H,11H2,1-2H3,(H,20,24)(H,22,23). The van der Waals surface area contributed by atoms with Crippen molar-refractivity contribution < 1.29 is 19.1 Å². The zero-order valence-electron chi connectivity index (χ0n) is 14.3. The summed E-state index contributed by atoms with van der Waals surface area (Å²) in [6.07, 6.45) is 1.43. The number of carbonyl (C=O) groups is 2. The third-order valence-corrected chi connectivity index (χ3v) is 3.60. The molecule has 8 heteroatoms. The lowest BCUT2D eigenvalue weighted by atomic mass is 10.2. The molecule has 0 unspecified atom stereocenters. The van der Waals surface area contributed by atoms with E-state index in [1.54, 1.807) is 49.6 Å². The summed E-state index contributed by atoms with van der Waals surface area (Å²) < 4.78 is 10.3. The van der Waals surface area contributed by atoms with Crippen LogP contribution in [-0.4, -0.2) is 38.8 Å². The van der Waals surface area contributed by atoms with Gasteiger partial charge in [-0.15, -0.1) is 0 Å². The molecule has 26 heavy (non-hydrogen) atoms. The monoisotopic (exact) mass is 375 g/mol. The Kier molecular flexibility index (Phi) is 6.99. The van der Waals surface area contributed by atoms with E-state index in [0.717, 1.165) is 0 Å². The molecule has 2 rings (SSSR count). The summed E-state index contributed by atoms with van der Waals surface area (Å²) in [4.78, 5) is 23.7. The smallest absolute Gasteiger partial charge is 0.259 e. The molecule has 0 aliphatic carbocycles. The molecule has 136 valence electrons. The molecule has 0 saturated heterocycles. The molecule has 0 fully saturated rings. The lowest BCUT2D eigenvalue weighted by molar-refractivity contribution is -0.120. The van der Waals surface area contributed by atoms with Gasteiger partial charge in [0.05, 0.1) is 27.0 Å². The Balaban J connectivity index is 1.87. The molecule has 2 N–H and O–H groups in total. The molecule has 0 heterocycles. The third kappa shape index (κ3) is 5.49. The van der Waals surface area contributed by atoms with Crippen molar-refractivity contribution in [3.63, 3.8) is 0 Å². The van der Waals surface area contributed by atoms with Crippen molar-refractivity contribution in [2.45, 2.75) is 0 Å². The summed E-state index contributed by atoms with van der Waals surface area (Å²) in [5.74, 6) is 0.370. The molecule has 0 bridgehead atoms. The van der Waals surface area contributed by atoms with Gasteiger partial charge in [0, 0.05) is 16.1 Å². The maximum absolute atomic E-state index is 11.9. The fraction of sp³-hybridized carbons (Fsp3) is 0.167. The van der Waals surface area contributed by atoms with Crippen LogP contribution in [0.1, 0.15) is 15.9 Å². The van der Waals surface area contributed by atoms with Crippen LogP contribution >= 0.6 is 11.6 Å². The molecule has 0 aromatic heterocycles. The SMILES string of the molecule is COc1ccc(OC)c(C=NNC(=O)CNC(=O)c2ccc(Cl)cc2)c1. The first kappa shape index (κ1) is 19.3. The number of rotatable bonds is 7. The number of hydrazone groups is 1. The molecular weight excluding hydrogens is 358 g/mol. The fourth-order valence-corrected chi connectivity index (χ4v) is 2.14. The van der Waals surface area contributed by atoms with E-state index in [4.69, 9.17) is 21.1 Å². The van der Waals surface area contributed by atoms with Crippen molar-refractivity contribution in [1.82, 2.24) is 10.7 Å². The van der Waals surface area contributed by atoms with Crippen LogP contribution in [0.2, 0.25) is 5.02 Å². The van der Waals surface area contributed by atoms with Crippen LogP contribution in [0.3, 0.4) is 0 Å². The van der Waals surface area contributed by atoms with E-state index >= 15 is 0 Å². The van der Waals surface area contributed by atoms with Crippen molar-refractivity contribution >= 4 is 29.6 Å². The summed E-state index contributed by atoms with van der Waals surface area (Å²) in [6, 6.07) is 11.5. The number of carbonyl (C=O) groups excluding carboxylic acids is 2. The average molecular weight is 376 g/mol. The molecule has 2 aromatic carbocycles. The van der Waals surface area contributed by atoms with Crippen molar-refractivity contribution in [2.75, 3.05) is 20.8 Å². The number of nitrogens with zero attached hydrogens (tertiary/aromatic N) is 1. The van der Waals surface area contributed by atoms with Gasteiger partial charge in [-0.2, -0.15) is 5.10 Å². The van der Waals surface area contributed by atoms with Gasteiger partial charge in [0.25, 0.3) is 11.8 Å². The Hall–Kier alpha value is -3.06. The number of benzene rings is 2. The van der Waals surface area contributed by atoms with Gasteiger partial charge in [0.1, 0.15) is 11.5 Å². The molecule has 0 saturated carbocycles. The van der Waals surface area contributed by atoms with Gasteiger partial charge < -0.3 is 14.8 Å². The third-order valence-electron chi connectivity index (χ3n) is 3.35. The minimum absolute atomic E-state index is 0.214. The molecule has 0 radical (unpaired) electrons. The van der Waals surface area contributed by atoms with E-state index in [0.29, 0.717) is 27.6 Å². The van der Waals surface area contributed by atoms with Gasteiger partial charge >= 0.3 is 0 Å². The van der Waals surface area contributed by atoms with Crippen molar-refractivity contribution in [2.24, 2.45) is 5.10 Å². The minimum Gasteiger partial charge on any atom is -0.497 e. The van der Waals surface area contributed by atoms with Gasteiger partial charge in [0.2, 0.25) is 0 Å². The summed E-state index contributed by atoms with van der Waals surface area (Å²) >= 11 is 5.76. The van der Waals surface area contributed by atoms with E-state index < -0.39 is 5.91 Å². The second-order valence-corrected chi connectivity index (χ2v) is 5.53. The lowest BCUT2D eigenvalue weighted by Gasteiger charge is -2.07. The second-order valence-electron chi connectivity index (χ2n) is 5.09.